The number of carbonyl (C=O) groups is 2. The summed E-state index contributed by atoms with van der Waals surface area (Å²) in [6.07, 6.45) is 1.10. The van der Waals surface area contributed by atoms with E-state index in [1.54, 1.807) is 24.3 Å². The van der Waals surface area contributed by atoms with Crippen molar-refractivity contribution in [1.29, 1.82) is 0 Å². The van der Waals surface area contributed by atoms with Gasteiger partial charge in [-0.1, -0.05) is 67.4 Å². The van der Waals surface area contributed by atoms with Gasteiger partial charge in [0.1, 0.15) is 18.3 Å². The van der Waals surface area contributed by atoms with Crippen molar-refractivity contribution in [3.05, 3.63) is 89.0 Å². The number of amides is 2. The van der Waals surface area contributed by atoms with E-state index in [2.05, 4.69) is 5.32 Å². The summed E-state index contributed by atoms with van der Waals surface area (Å²) in [6, 6.07) is 18.6. The molecule has 8 nitrogen and oxygen atoms in total. The van der Waals surface area contributed by atoms with Gasteiger partial charge in [0.25, 0.3) is 10.0 Å². The van der Waals surface area contributed by atoms with Gasteiger partial charge >= 0.3 is 0 Å². The molecule has 2 atom stereocenters. The van der Waals surface area contributed by atoms with Crippen LogP contribution in [0.2, 0.25) is 0 Å². The largest absolute Gasteiger partial charge is 0.495 e. The minimum absolute atomic E-state index is 0.0519. The fraction of sp³-hybridized carbons (Fsp3) is 0.394. The van der Waals surface area contributed by atoms with Crippen LogP contribution in [-0.2, 0) is 26.2 Å². The van der Waals surface area contributed by atoms with E-state index in [0.29, 0.717) is 12.2 Å². The standard InChI is InChI=1S/C33H43N3O5S/c1-8-26(6)34-33(38)29(9-2)35(21-27-15-10-23(3)11-16-27)32(37)22-36(30-20-25(5)14-19-31(30)41-7)42(39,40)28-17-12-24(4)13-18-28/h10-20,26,29H,8-9,21-22H2,1-7H3,(H,34,38)/t26-,29+/m0/s1. The highest BCUT2D eigenvalue weighted by molar-refractivity contribution is 7.92. The molecule has 42 heavy (non-hydrogen) atoms. The number of ether oxygens (including phenoxy) is 1. The molecule has 0 fully saturated rings. The first-order valence-corrected chi connectivity index (χ1v) is 15.7. The van der Waals surface area contributed by atoms with E-state index in [-0.39, 0.29) is 29.1 Å². The van der Waals surface area contributed by atoms with Crippen molar-refractivity contribution >= 4 is 27.5 Å². The Balaban J connectivity index is 2.12. The Morgan fingerprint density at radius 2 is 1.43 bits per heavy atom. The van der Waals surface area contributed by atoms with E-state index in [9.17, 15) is 18.0 Å². The van der Waals surface area contributed by atoms with Crippen LogP contribution in [0.15, 0.2) is 71.6 Å². The number of hydrogen-bond acceptors (Lipinski definition) is 5. The number of benzene rings is 3. The lowest BCUT2D eigenvalue weighted by Gasteiger charge is -2.34. The molecule has 0 saturated heterocycles. The van der Waals surface area contributed by atoms with Crippen molar-refractivity contribution in [1.82, 2.24) is 10.2 Å². The maximum atomic E-state index is 14.3. The lowest BCUT2D eigenvalue weighted by Crippen LogP contribution is -2.53. The zero-order chi connectivity index (χ0) is 31.0. The second-order valence-electron chi connectivity index (χ2n) is 10.7. The van der Waals surface area contributed by atoms with Crippen molar-refractivity contribution in [2.45, 2.75) is 77.9 Å². The van der Waals surface area contributed by atoms with Crippen LogP contribution < -0.4 is 14.4 Å². The SMILES string of the molecule is CC[C@H](C(=O)N[C@@H](C)CC)N(Cc1ccc(C)cc1)C(=O)CN(c1cc(C)ccc1OC)S(=O)(=O)c1ccc(C)cc1. The highest BCUT2D eigenvalue weighted by Gasteiger charge is 2.35. The van der Waals surface area contributed by atoms with E-state index >= 15 is 0 Å². The number of rotatable bonds is 13. The van der Waals surface area contributed by atoms with Gasteiger partial charge < -0.3 is 15.0 Å². The lowest BCUT2D eigenvalue weighted by molar-refractivity contribution is -0.140. The first-order chi connectivity index (χ1) is 19.9. The summed E-state index contributed by atoms with van der Waals surface area (Å²) in [7, 11) is -2.74. The topological polar surface area (TPSA) is 96.0 Å². The third-order valence-electron chi connectivity index (χ3n) is 7.35. The summed E-state index contributed by atoms with van der Waals surface area (Å²) in [5.74, 6) is -0.454. The number of sulfonamides is 1. The molecule has 3 aromatic carbocycles. The van der Waals surface area contributed by atoms with Gasteiger partial charge in [-0.2, -0.15) is 0 Å². The summed E-state index contributed by atoms with van der Waals surface area (Å²) >= 11 is 0. The van der Waals surface area contributed by atoms with Crippen LogP contribution >= 0.6 is 0 Å². The van der Waals surface area contributed by atoms with Crippen LogP contribution in [0.1, 0.15) is 55.9 Å². The van der Waals surface area contributed by atoms with Crippen LogP contribution in [-0.4, -0.2) is 50.9 Å². The fourth-order valence-corrected chi connectivity index (χ4v) is 6.01. The number of hydrogen-bond donors (Lipinski definition) is 1. The molecule has 0 aliphatic heterocycles. The number of anilines is 1. The minimum Gasteiger partial charge on any atom is -0.495 e. The van der Waals surface area contributed by atoms with Crippen LogP contribution in [0.25, 0.3) is 0 Å². The molecule has 0 heterocycles. The van der Waals surface area contributed by atoms with Gasteiger partial charge in [-0.25, -0.2) is 8.42 Å². The molecule has 0 bridgehead atoms. The van der Waals surface area contributed by atoms with Crippen LogP contribution in [0.5, 0.6) is 5.75 Å². The van der Waals surface area contributed by atoms with Crippen LogP contribution in [0.3, 0.4) is 0 Å². The van der Waals surface area contributed by atoms with Gasteiger partial charge in [0.2, 0.25) is 11.8 Å². The first-order valence-electron chi connectivity index (χ1n) is 14.3. The maximum absolute atomic E-state index is 14.3. The molecular weight excluding hydrogens is 550 g/mol. The predicted molar refractivity (Wildman–Crippen MR) is 167 cm³/mol. The third-order valence-corrected chi connectivity index (χ3v) is 9.13. The fourth-order valence-electron chi connectivity index (χ4n) is 4.60. The molecule has 226 valence electrons. The van der Waals surface area contributed by atoms with Gasteiger partial charge in [0.05, 0.1) is 17.7 Å². The molecule has 0 aromatic heterocycles. The van der Waals surface area contributed by atoms with Crippen molar-refractivity contribution < 1.29 is 22.7 Å². The summed E-state index contributed by atoms with van der Waals surface area (Å²) in [4.78, 5) is 29.2. The van der Waals surface area contributed by atoms with E-state index in [1.807, 2.05) is 71.9 Å². The zero-order valence-corrected chi connectivity index (χ0v) is 26.5. The van der Waals surface area contributed by atoms with Gasteiger partial charge in [-0.15, -0.1) is 0 Å². The van der Waals surface area contributed by atoms with Gasteiger partial charge in [-0.05, 0) is 75.9 Å². The average molecular weight is 594 g/mol. The summed E-state index contributed by atoms with van der Waals surface area (Å²) in [5, 5.41) is 3.00. The monoisotopic (exact) mass is 593 g/mol. The Morgan fingerprint density at radius 3 is 1.98 bits per heavy atom. The predicted octanol–water partition coefficient (Wildman–Crippen LogP) is 5.54. The minimum atomic E-state index is -4.20. The number of nitrogens with one attached hydrogen (secondary N) is 1. The molecule has 1 N–H and O–H groups in total. The summed E-state index contributed by atoms with van der Waals surface area (Å²) in [5.41, 5.74) is 3.87. The quantitative estimate of drug-likeness (QED) is 0.281. The van der Waals surface area contributed by atoms with Gasteiger partial charge in [0.15, 0.2) is 0 Å². The lowest BCUT2D eigenvalue weighted by atomic mass is 10.1. The Kier molecular flexibility index (Phi) is 11.2. The molecule has 0 aliphatic rings. The molecule has 0 saturated carbocycles. The van der Waals surface area contributed by atoms with E-state index in [4.69, 9.17) is 4.74 Å². The third kappa shape index (κ3) is 7.91. The van der Waals surface area contributed by atoms with Crippen molar-refractivity contribution in [2.24, 2.45) is 0 Å². The highest BCUT2D eigenvalue weighted by atomic mass is 32.2. The second-order valence-corrected chi connectivity index (χ2v) is 12.6. The Hall–Kier alpha value is -3.85. The Labute approximate surface area is 250 Å². The molecule has 3 aromatic rings. The van der Waals surface area contributed by atoms with Gasteiger partial charge in [-0.3, -0.25) is 13.9 Å². The van der Waals surface area contributed by atoms with Crippen molar-refractivity contribution in [3.8, 4) is 5.75 Å². The van der Waals surface area contributed by atoms with E-state index in [1.165, 1.54) is 24.1 Å². The van der Waals surface area contributed by atoms with E-state index < -0.39 is 28.5 Å². The normalized spacial score (nSPS) is 12.7. The molecule has 2 amide bonds. The maximum Gasteiger partial charge on any atom is 0.264 e. The molecule has 0 aliphatic carbocycles. The number of carbonyl (C=O) groups excluding carboxylic acids is 2. The summed E-state index contributed by atoms with van der Waals surface area (Å²) < 4.78 is 34.9. The molecule has 0 radical (unpaired) electrons. The molecular formula is C33H43N3O5S. The molecule has 0 unspecified atom stereocenters. The van der Waals surface area contributed by atoms with Gasteiger partial charge in [0, 0.05) is 12.6 Å². The molecule has 3 rings (SSSR count). The zero-order valence-electron chi connectivity index (χ0n) is 25.7. The molecule has 9 heteroatoms. The van der Waals surface area contributed by atoms with Crippen LogP contribution in [0, 0.1) is 20.8 Å². The smallest absolute Gasteiger partial charge is 0.264 e. The van der Waals surface area contributed by atoms with Crippen molar-refractivity contribution in [3.63, 3.8) is 0 Å². The number of nitrogens with zero attached hydrogens (tertiary/aromatic N) is 2. The number of methoxy groups -OCH3 is 1. The number of aryl methyl sites for hydroxylation is 3. The second kappa shape index (κ2) is 14.4. The Morgan fingerprint density at radius 1 is 0.857 bits per heavy atom. The van der Waals surface area contributed by atoms with Crippen LogP contribution in [0.4, 0.5) is 5.69 Å². The first kappa shape index (κ1) is 32.7. The summed E-state index contributed by atoms with van der Waals surface area (Å²) in [6.45, 7) is 11.1. The molecule has 0 spiro atoms. The van der Waals surface area contributed by atoms with Crippen molar-refractivity contribution in [2.75, 3.05) is 18.0 Å². The Bertz CT molecular complexity index is 1470. The average Bonchev–Trinajstić information content (AvgIpc) is 2.96. The van der Waals surface area contributed by atoms with E-state index in [0.717, 1.165) is 33.0 Å². The highest BCUT2D eigenvalue weighted by Crippen LogP contribution is 2.34.